The predicted molar refractivity (Wildman–Crippen MR) is 64.8 cm³/mol. The molecule has 2 nitrogen and oxygen atoms in total. The fraction of sp³-hybridized carbons (Fsp3) is 1.00. The molecule has 2 heteroatoms. The monoisotopic (exact) mass is 200 g/mol. The molecule has 0 saturated carbocycles. The molecule has 0 aromatic rings. The molecule has 0 aliphatic heterocycles. The van der Waals surface area contributed by atoms with Gasteiger partial charge in [0, 0.05) is 0 Å². The SMILES string of the molecule is CCCCNCCCCN(CC)CC. The highest BCUT2D eigenvalue weighted by molar-refractivity contribution is 4.54. The van der Waals surface area contributed by atoms with Crippen LogP contribution in [0, 0.1) is 0 Å². The van der Waals surface area contributed by atoms with E-state index in [1.54, 1.807) is 0 Å². The van der Waals surface area contributed by atoms with Gasteiger partial charge in [0.15, 0.2) is 0 Å². The Kier molecular flexibility index (Phi) is 10.9. The maximum atomic E-state index is 3.48. The molecule has 14 heavy (non-hydrogen) atoms. The Hall–Kier alpha value is -0.0800. The van der Waals surface area contributed by atoms with Crippen molar-refractivity contribution >= 4 is 0 Å². The molecular formula is C12H28N2. The Morgan fingerprint density at radius 3 is 2.07 bits per heavy atom. The molecule has 0 bridgehead atoms. The minimum Gasteiger partial charge on any atom is -0.317 e. The largest absolute Gasteiger partial charge is 0.317 e. The first kappa shape index (κ1) is 13.9. The second-order valence-electron chi connectivity index (χ2n) is 3.84. The first-order valence-corrected chi connectivity index (χ1v) is 6.28. The molecule has 0 fully saturated rings. The van der Waals surface area contributed by atoms with Crippen molar-refractivity contribution in [3.63, 3.8) is 0 Å². The van der Waals surface area contributed by atoms with E-state index in [0.717, 1.165) is 0 Å². The van der Waals surface area contributed by atoms with Crippen LogP contribution >= 0.6 is 0 Å². The van der Waals surface area contributed by atoms with Gasteiger partial charge >= 0.3 is 0 Å². The third kappa shape index (κ3) is 8.52. The fourth-order valence-corrected chi connectivity index (χ4v) is 1.55. The van der Waals surface area contributed by atoms with Crippen LogP contribution in [-0.2, 0) is 0 Å². The number of hydrogen-bond acceptors (Lipinski definition) is 2. The molecule has 0 aliphatic carbocycles. The Morgan fingerprint density at radius 1 is 0.857 bits per heavy atom. The summed E-state index contributed by atoms with van der Waals surface area (Å²) in [5, 5.41) is 3.48. The lowest BCUT2D eigenvalue weighted by atomic mass is 10.2. The van der Waals surface area contributed by atoms with Crippen molar-refractivity contribution in [1.29, 1.82) is 0 Å². The predicted octanol–water partition coefficient (Wildman–Crippen LogP) is 2.50. The summed E-state index contributed by atoms with van der Waals surface area (Å²) in [5.74, 6) is 0. The van der Waals surface area contributed by atoms with E-state index in [-0.39, 0.29) is 0 Å². The van der Waals surface area contributed by atoms with E-state index in [9.17, 15) is 0 Å². The Balaban J connectivity index is 3.04. The maximum Gasteiger partial charge on any atom is -0.00185 e. The summed E-state index contributed by atoms with van der Waals surface area (Å²) in [4.78, 5) is 2.49. The van der Waals surface area contributed by atoms with Crippen LogP contribution in [0.1, 0.15) is 46.5 Å². The van der Waals surface area contributed by atoms with Crippen LogP contribution in [0.2, 0.25) is 0 Å². The van der Waals surface area contributed by atoms with Crippen molar-refractivity contribution in [2.75, 3.05) is 32.7 Å². The van der Waals surface area contributed by atoms with Gasteiger partial charge in [0.1, 0.15) is 0 Å². The van der Waals surface area contributed by atoms with E-state index in [1.807, 2.05) is 0 Å². The third-order valence-electron chi connectivity index (χ3n) is 2.68. The van der Waals surface area contributed by atoms with Crippen LogP contribution < -0.4 is 5.32 Å². The molecule has 0 atom stereocenters. The average Bonchev–Trinajstić information content (AvgIpc) is 2.22. The molecule has 0 aliphatic rings. The van der Waals surface area contributed by atoms with Gasteiger partial charge in [0.05, 0.1) is 0 Å². The van der Waals surface area contributed by atoms with E-state index in [0.29, 0.717) is 0 Å². The normalized spacial score (nSPS) is 11.1. The molecule has 1 N–H and O–H groups in total. The summed E-state index contributed by atoms with van der Waals surface area (Å²) in [6.45, 7) is 12.8. The van der Waals surface area contributed by atoms with Gasteiger partial charge in [0.25, 0.3) is 0 Å². The highest BCUT2D eigenvalue weighted by Crippen LogP contribution is 1.94. The van der Waals surface area contributed by atoms with Crippen molar-refractivity contribution < 1.29 is 0 Å². The van der Waals surface area contributed by atoms with Gasteiger partial charge in [-0.2, -0.15) is 0 Å². The molecule has 0 aromatic carbocycles. The average molecular weight is 200 g/mol. The minimum absolute atomic E-state index is 1.19. The van der Waals surface area contributed by atoms with Gasteiger partial charge in [-0.05, 0) is 52.0 Å². The zero-order valence-corrected chi connectivity index (χ0v) is 10.3. The first-order valence-electron chi connectivity index (χ1n) is 6.28. The number of rotatable bonds is 10. The van der Waals surface area contributed by atoms with Crippen molar-refractivity contribution in [2.45, 2.75) is 46.5 Å². The Bertz CT molecular complexity index is 100. The zero-order chi connectivity index (χ0) is 10.6. The van der Waals surface area contributed by atoms with E-state index < -0.39 is 0 Å². The second kappa shape index (κ2) is 11.0. The van der Waals surface area contributed by atoms with E-state index >= 15 is 0 Å². The van der Waals surface area contributed by atoms with Gasteiger partial charge < -0.3 is 10.2 Å². The topological polar surface area (TPSA) is 15.3 Å². The number of nitrogens with one attached hydrogen (secondary N) is 1. The van der Waals surface area contributed by atoms with Gasteiger partial charge in [-0.3, -0.25) is 0 Å². The van der Waals surface area contributed by atoms with Crippen LogP contribution in [-0.4, -0.2) is 37.6 Å². The van der Waals surface area contributed by atoms with Crippen LogP contribution in [0.3, 0.4) is 0 Å². The minimum atomic E-state index is 1.19. The van der Waals surface area contributed by atoms with Crippen LogP contribution in [0.15, 0.2) is 0 Å². The highest BCUT2D eigenvalue weighted by atomic mass is 15.1. The van der Waals surface area contributed by atoms with Gasteiger partial charge in [-0.15, -0.1) is 0 Å². The number of unbranched alkanes of at least 4 members (excludes halogenated alkanes) is 2. The lowest BCUT2D eigenvalue weighted by Crippen LogP contribution is -2.25. The smallest absolute Gasteiger partial charge is 0.00185 e. The third-order valence-corrected chi connectivity index (χ3v) is 2.68. The summed E-state index contributed by atoms with van der Waals surface area (Å²) in [6.07, 6.45) is 5.27. The summed E-state index contributed by atoms with van der Waals surface area (Å²) >= 11 is 0. The van der Waals surface area contributed by atoms with Gasteiger partial charge in [0.2, 0.25) is 0 Å². The molecule has 0 amide bonds. The van der Waals surface area contributed by atoms with E-state index in [1.165, 1.54) is 58.4 Å². The van der Waals surface area contributed by atoms with Crippen molar-refractivity contribution in [3.05, 3.63) is 0 Å². The van der Waals surface area contributed by atoms with Crippen LogP contribution in [0.25, 0.3) is 0 Å². The highest BCUT2D eigenvalue weighted by Gasteiger charge is 1.97. The maximum absolute atomic E-state index is 3.48. The summed E-state index contributed by atoms with van der Waals surface area (Å²) in [6, 6.07) is 0. The summed E-state index contributed by atoms with van der Waals surface area (Å²) < 4.78 is 0. The fourth-order valence-electron chi connectivity index (χ4n) is 1.55. The lowest BCUT2D eigenvalue weighted by Gasteiger charge is -2.17. The number of hydrogen-bond donors (Lipinski definition) is 1. The van der Waals surface area contributed by atoms with Crippen molar-refractivity contribution in [1.82, 2.24) is 10.2 Å². The first-order chi connectivity index (χ1) is 6.85. The molecule has 0 spiro atoms. The lowest BCUT2D eigenvalue weighted by molar-refractivity contribution is 0.296. The quantitative estimate of drug-likeness (QED) is 0.545. The molecule has 0 aromatic heterocycles. The van der Waals surface area contributed by atoms with Gasteiger partial charge in [-0.1, -0.05) is 27.2 Å². The molecule has 0 rings (SSSR count). The van der Waals surface area contributed by atoms with E-state index in [2.05, 4.69) is 31.0 Å². The zero-order valence-electron chi connectivity index (χ0n) is 10.3. The molecule has 0 heterocycles. The Labute approximate surface area is 90.1 Å². The number of nitrogens with zero attached hydrogens (tertiary/aromatic N) is 1. The van der Waals surface area contributed by atoms with Gasteiger partial charge in [-0.25, -0.2) is 0 Å². The van der Waals surface area contributed by atoms with Crippen LogP contribution in [0.5, 0.6) is 0 Å². The molecule has 0 radical (unpaired) electrons. The molecule has 86 valence electrons. The van der Waals surface area contributed by atoms with Crippen molar-refractivity contribution in [3.8, 4) is 0 Å². The molecule has 0 unspecified atom stereocenters. The summed E-state index contributed by atoms with van der Waals surface area (Å²) in [7, 11) is 0. The second-order valence-corrected chi connectivity index (χ2v) is 3.84. The van der Waals surface area contributed by atoms with Crippen molar-refractivity contribution in [2.24, 2.45) is 0 Å². The van der Waals surface area contributed by atoms with E-state index in [4.69, 9.17) is 0 Å². The van der Waals surface area contributed by atoms with Crippen LogP contribution in [0.4, 0.5) is 0 Å². The Morgan fingerprint density at radius 2 is 1.50 bits per heavy atom. The molecule has 0 saturated heterocycles. The standard InChI is InChI=1S/C12H28N2/c1-4-7-10-13-11-8-9-12-14(5-2)6-3/h13H,4-12H2,1-3H3. The summed E-state index contributed by atoms with van der Waals surface area (Å²) in [5.41, 5.74) is 0. The molecular weight excluding hydrogens is 172 g/mol.